The van der Waals surface area contributed by atoms with E-state index in [1.807, 2.05) is 24.3 Å². The molecule has 0 aliphatic carbocycles. The summed E-state index contributed by atoms with van der Waals surface area (Å²) in [7, 11) is 4.79. The summed E-state index contributed by atoms with van der Waals surface area (Å²) in [6.45, 7) is 5.00. The fourth-order valence-electron chi connectivity index (χ4n) is 3.39. The summed E-state index contributed by atoms with van der Waals surface area (Å²) in [5.41, 5.74) is 2.34. The van der Waals surface area contributed by atoms with Crippen LogP contribution in [-0.4, -0.2) is 52.6 Å². The molecule has 1 fully saturated rings. The minimum absolute atomic E-state index is 0.0538. The number of hydrogen-bond donors (Lipinski definition) is 2. The van der Waals surface area contributed by atoms with E-state index >= 15 is 0 Å². The van der Waals surface area contributed by atoms with Crippen molar-refractivity contribution in [1.29, 1.82) is 0 Å². The molecule has 3 rings (SSSR count). The third-order valence-corrected chi connectivity index (χ3v) is 4.90. The lowest BCUT2D eigenvalue weighted by molar-refractivity contribution is -0.914. The molecule has 2 aromatic rings. The van der Waals surface area contributed by atoms with Gasteiger partial charge in [0.05, 0.1) is 47.5 Å². The third kappa shape index (κ3) is 3.96. The molecule has 6 nitrogen and oxygen atoms in total. The van der Waals surface area contributed by atoms with Crippen molar-refractivity contribution in [3.05, 3.63) is 42.0 Å². The second-order valence-electron chi connectivity index (χ2n) is 6.46. The van der Waals surface area contributed by atoms with Gasteiger partial charge in [0.25, 0.3) is 0 Å². The molecule has 0 aromatic heterocycles. The van der Waals surface area contributed by atoms with Crippen LogP contribution in [0, 0.1) is 0 Å². The van der Waals surface area contributed by atoms with Gasteiger partial charge in [-0.3, -0.25) is 0 Å². The van der Waals surface area contributed by atoms with Crippen molar-refractivity contribution in [2.24, 2.45) is 0 Å². The highest BCUT2D eigenvalue weighted by Crippen LogP contribution is 2.36. The number of rotatable bonds is 6. The Morgan fingerprint density at radius 2 is 1.50 bits per heavy atom. The summed E-state index contributed by atoms with van der Waals surface area (Å²) in [6.07, 6.45) is 0. The van der Waals surface area contributed by atoms with Gasteiger partial charge in [0.15, 0.2) is 11.5 Å². The molecule has 6 heteroatoms. The molecule has 0 bridgehead atoms. The number of nitrogens with zero attached hydrogens (tertiary/aromatic N) is 1. The zero-order valence-electron chi connectivity index (χ0n) is 15.6. The van der Waals surface area contributed by atoms with E-state index in [2.05, 4.69) is 17.0 Å². The van der Waals surface area contributed by atoms with E-state index in [1.165, 1.54) is 10.6 Å². The molecule has 2 N–H and O–H groups in total. The van der Waals surface area contributed by atoms with Gasteiger partial charge in [-0.05, 0) is 36.4 Å². The molecule has 0 unspecified atom stereocenters. The normalized spacial score (nSPS) is 15.0. The van der Waals surface area contributed by atoms with E-state index in [9.17, 15) is 5.11 Å². The highest BCUT2D eigenvalue weighted by molar-refractivity contribution is 5.52. The second-order valence-corrected chi connectivity index (χ2v) is 6.46. The number of aromatic hydroxyl groups is 1. The Balaban J connectivity index is 1.61. The number of piperazine rings is 1. The molecule has 26 heavy (non-hydrogen) atoms. The van der Waals surface area contributed by atoms with Gasteiger partial charge in [-0.15, -0.1) is 0 Å². The molecule has 140 valence electrons. The standard InChI is InChI=1S/C20H26N2O4/c1-24-17-6-4-16(5-7-17)22-10-8-21(9-11-22)14-15-12-18(25-2)20(23)19(13-15)26-3/h4-7,12-13,23H,8-11,14H2,1-3H3/p+1. The molecule has 0 amide bonds. The predicted molar refractivity (Wildman–Crippen MR) is 101 cm³/mol. The van der Waals surface area contributed by atoms with Crippen LogP contribution < -0.4 is 24.0 Å². The zero-order valence-corrected chi connectivity index (χ0v) is 15.6. The van der Waals surface area contributed by atoms with Gasteiger partial charge in [0.1, 0.15) is 12.3 Å². The number of phenols is 1. The fraction of sp³-hybridized carbons (Fsp3) is 0.400. The maximum absolute atomic E-state index is 10.0. The number of hydrogen-bond acceptors (Lipinski definition) is 5. The van der Waals surface area contributed by atoms with Gasteiger partial charge in [-0.25, -0.2) is 0 Å². The SMILES string of the molecule is COc1ccc(N2CC[NH+](Cc3cc(OC)c(O)c(OC)c3)CC2)cc1. The van der Waals surface area contributed by atoms with E-state index in [0.29, 0.717) is 11.5 Å². The third-order valence-electron chi connectivity index (χ3n) is 4.90. The highest BCUT2D eigenvalue weighted by atomic mass is 16.5. The van der Waals surface area contributed by atoms with E-state index in [-0.39, 0.29) is 5.75 Å². The molecular formula is C20H27N2O4+. The lowest BCUT2D eigenvalue weighted by atomic mass is 10.1. The molecular weight excluding hydrogens is 332 g/mol. The van der Waals surface area contributed by atoms with Crippen molar-refractivity contribution in [2.45, 2.75) is 6.54 Å². The smallest absolute Gasteiger partial charge is 0.200 e. The Bertz CT molecular complexity index is 700. The summed E-state index contributed by atoms with van der Waals surface area (Å²) >= 11 is 0. The first-order valence-electron chi connectivity index (χ1n) is 8.81. The van der Waals surface area contributed by atoms with Gasteiger partial charge in [0, 0.05) is 11.3 Å². The van der Waals surface area contributed by atoms with Crippen LogP contribution in [-0.2, 0) is 6.54 Å². The molecule has 1 aliphatic rings. The molecule has 2 aromatic carbocycles. The number of ether oxygens (including phenoxy) is 3. The van der Waals surface area contributed by atoms with Crippen molar-refractivity contribution in [2.75, 3.05) is 52.4 Å². The summed E-state index contributed by atoms with van der Waals surface area (Å²) in [4.78, 5) is 3.91. The van der Waals surface area contributed by atoms with Crippen LogP contribution >= 0.6 is 0 Å². The van der Waals surface area contributed by atoms with Gasteiger partial charge >= 0.3 is 0 Å². The van der Waals surface area contributed by atoms with Crippen molar-refractivity contribution in [3.8, 4) is 23.0 Å². The van der Waals surface area contributed by atoms with Gasteiger partial charge in [-0.2, -0.15) is 0 Å². The number of methoxy groups -OCH3 is 3. The Kier molecular flexibility index (Phi) is 5.73. The van der Waals surface area contributed by atoms with Gasteiger partial charge < -0.3 is 29.1 Å². The van der Waals surface area contributed by atoms with E-state index in [1.54, 1.807) is 21.3 Å². The maximum atomic E-state index is 10.0. The summed E-state index contributed by atoms with van der Waals surface area (Å²) < 4.78 is 15.7. The fourth-order valence-corrected chi connectivity index (χ4v) is 3.39. The van der Waals surface area contributed by atoms with Gasteiger partial charge in [0.2, 0.25) is 5.75 Å². The van der Waals surface area contributed by atoms with E-state index < -0.39 is 0 Å². The zero-order chi connectivity index (χ0) is 18.5. The minimum Gasteiger partial charge on any atom is -0.502 e. The molecule has 0 atom stereocenters. The summed E-state index contributed by atoms with van der Waals surface area (Å²) in [5.74, 6) is 1.84. The maximum Gasteiger partial charge on any atom is 0.200 e. The Labute approximate surface area is 154 Å². The number of phenolic OH excluding ortho intramolecular Hbond substituents is 1. The first kappa shape index (κ1) is 18.2. The van der Waals surface area contributed by atoms with Crippen LogP contribution in [0.5, 0.6) is 23.0 Å². The van der Waals surface area contributed by atoms with Crippen molar-refractivity contribution < 1.29 is 24.2 Å². The van der Waals surface area contributed by atoms with Crippen LogP contribution in [0.25, 0.3) is 0 Å². The summed E-state index contributed by atoms with van der Waals surface area (Å²) in [5, 5.41) is 10.0. The largest absolute Gasteiger partial charge is 0.502 e. The lowest BCUT2D eigenvalue weighted by Crippen LogP contribution is -3.13. The molecule has 1 saturated heterocycles. The van der Waals surface area contributed by atoms with Crippen LogP contribution in [0.15, 0.2) is 36.4 Å². The number of quaternary nitrogens is 1. The van der Waals surface area contributed by atoms with Crippen LogP contribution in [0.2, 0.25) is 0 Å². The molecule has 1 aliphatic heterocycles. The first-order chi connectivity index (χ1) is 12.6. The van der Waals surface area contributed by atoms with Crippen molar-refractivity contribution >= 4 is 5.69 Å². The van der Waals surface area contributed by atoms with Crippen molar-refractivity contribution in [3.63, 3.8) is 0 Å². The van der Waals surface area contributed by atoms with Crippen LogP contribution in [0.3, 0.4) is 0 Å². The second kappa shape index (κ2) is 8.19. The Morgan fingerprint density at radius 3 is 2.00 bits per heavy atom. The topological polar surface area (TPSA) is 55.6 Å². The molecule has 0 spiro atoms. The van der Waals surface area contributed by atoms with Gasteiger partial charge in [-0.1, -0.05) is 0 Å². The lowest BCUT2D eigenvalue weighted by Gasteiger charge is -2.33. The molecule has 1 heterocycles. The first-order valence-corrected chi connectivity index (χ1v) is 8.81. The van der Waals surface area contributed by atoms with Crippen LogP contribution in [0.1, 0.15) is 5.56 Å². The highest BCUT2D eigenvalue weighted by Gasteiger charge is 2.21. The predicted octanol–water partition coefficient (Wildman–Crippen LogP) is 1.32. The quantitative estimate of drug-likeness (QED) is 0.815. The number of anilines is 1. The average molecular weight is 359 g/mol. The minimum atomic E-state index is 0.0538. The Morgan fingerprint density at radius 1 is 0.923 bits per heavy atom. The molecule has 0 saturated carbocycles. The average Bonchev–Trinajstić information content (AvgIpc) is 2.69. The van der Waals surface area contributed by atoms with Crippen LogP contribution in [0.4, 0.5) is 5.69 Å². The monoisotopic (exact) mass is 359 g/mol. The summed E-state index contributed by atoms with van der Waals surface area (Å²) in [6, 6.07) is 12.0. The number of nitrogens with one attached hydrogen (secondary N) is 1. The van der Waals surface area contributed by atoms with E-state index in [4.69, 9.17) is 14.2 Å². The Hall–Kier alpha value is -2.60. The van der Waals surface area contributed by atoms with E-state index in [0.717, 1.165) is 44.0 Å². The van der Waals surface area contributed by atoms with Crippen molar-refractivity contribution in [1.82, 2.24) is 0 Å². The number of benzene rings is 2. The molecule has 0 radical (unpaired) electrons.